The van der Waals surface area contributed by atoms with Crippen LogP contribution in [-0.4, -0.2) is 11.9 Å². The van der Waals surface area contributed by atoms with Crippen LogP contribution in [-0.2, 0) is 4.79 Å². The Morgan fingerprint density at radius 1 is 0.750 bits per heavy atom. The predicted molar refractivity (Wildman–Crippen MR) is 108 cm³/mol. The maximum atomic E-state index is 12.3. The van der Waals surface area contributed by atoms with Gasteiger partial charge in [-0.3, -0.25) is 4.79 Å². The first kappa shape index (κ1) is 19.4. The summed E-state index contributed by atoms with van der Waals surface area (Å²) < 4.78 is 10.7. The lowest BCUT2D eigenvalue weighted by Gasteiger charge is -2.09. The molecule has 0 aliphatic rings. The van der Waals surface area contributed by atoms with E-state index in [1.54, 1.807) is 36.4 Å². The Balaban J connectivity index is 1.62. The van der Waals surface area contributed by atoms with Crippen LogP contribution < -0.4 is 9.47 Å². The number of carbonyl (C=O) groups excluding carboxylic acids is 2. The van der Waals surface area contributed by atoms with Gasteiger partial charge in [-0.05, 0) is 53.9 Å². The molecule has 3 aromatic carbocycles. The first-order chi connectivity index (χ1) is 13.6. The van der Waals surface area contributed by atoms with Crippen molar-refractivity contribution in [3.8, 4) is 22.6 Å². The summed E-state index contributed by atoms with van der Waals surface area (Å²) in [6.45, 7) is 3.74. The van der Waals surface area contributed by atoms with E-state index in [-0.39, 0.29) is 11.9 Å². The van der Waals surface area contributed by atoms with Crippen LogP contribution in [0, 0.1) is 5.92 Å². The SMILES string of the molecule is CCC(C)C(=O)Oc1ccc(C(=O)Oc2ccc(-c3ccccc3)cc2)cc1. The fraction of sp³-hybridized carbons (Fsp3) is 0.167. The summed E-state index contributed by atoms with van der Waals surface area (Å²) in [5, 5.41) is 0. The van der Waals surface area contributed by atoms with Crippen LogP contribution in [0.1, 0.15) is 30.6 Å². The maximum Gasteiger partial charge on any atom is 0.343 e. The van der Waals surface area contributed by atoms with Gasteiger partial charge in [0.25, 0.3) is 0 Å². The third kappa shape index (κ3) is 4.86. The minimum atomic E-state index is -0.465. The molecular weight excluding hydrogens is 352 g/mol. The highest BCUT2D eigenvalue weighted by molar-refractivity contribution is 5.91. The fourth-order valence-electron chi connectivity index (χ4n) is 2.55. The number of carbonyl (C=O) groups is 2. The predicted octanol–water partition coefficient (Wildman–Crippen LogP) is 5.52. The molecule has 3 rings (SSSR count). The molecule has 142 valence electrons. The number of esters is 2. The van der Waals surface area contributed by atoms with E-state index in [1.165, 1.54) is 0 Å². The van der Waals surface area contributed by atoms with Gasteiger partial charge in [0, 0.05) is 0 Å². The summed E-state index contributed by atoms with van der Waals surface area (Å²) in [5.41, 5.74) is 2.53. The summed E-state index contributed by atoms with van der Waals surface area (Å²) in [7, 11) is 0. The zero-order valence-corrected chi connectivity index (χ0v) is 15.9. The lowest BCUT2D eigenvalue weighted by molar-refractivity contribution is -0.138. The van der Waals surface area contributed by atoms with Gasteiger partial charge in [-0.1, -0.05) is 56.3 Å². The van der Waals surface area contributed by atoms with Crippen molar-refractivity contribution >= 4 is 11.9 Å². The highest BCUT2D eigenvalue weighted by Crippen LogP contribution is 2.23. The van der Waals surface area contributed by atoms with Crippen LogP contribution >= 0.6 is 0 Å². The largest absolute Gasteiger partial charge is 0.426 e. The van der Waals surface area contributed by atoms with Gasteiger partial charge in [0.15, 0.2) is 0 Å². The monoisotopic (exact) mass is 374 g/mol. The van der Waals surface area contributed by atoms with Crippen molar-refractivity contribution in [1.82, 2.24) is 0 Å². The molecular formula is C24H22O4. The summed E-state index contributed by atoms with van der Waals surface area (Å²) in [4.78, 5) is 24.1. The molecule has 0 aromatic heterocycles. The zero-order chi connectivity index (χ0) is 19.9. The third-order valence-electron chi connectivity index (χ3n) is 4.50. The minimum Gasteiger partial charge on any atom is -0.426 e. The molecule has 28 heavy (non-hydrogen) atoms. The first-order valence-corrected chi connectivity index (χ1v) is 9.26. The van der Waals surface area contributed by atoms with Gasteiger partial charge in [0.1, 0.15) is 11.5 Å². The lowest BCUT2D eigenvalue weighted by Crippen LogP contribution is -2.17. The van der Waals surface area contributed by atoms with Crippen molar-refractivity contribution in [2.24, 2.45) is 5.92 Å². The number of ether oxygens (including phenoxy) is 2. The number of rotatable bonds is 6. The van der Waals surface area contributed by atoms with Crippen molar-refractivity contribution in [3.63, 3.8) is 0 Å². The number of hydrogen-bond donors (Lipinski definition) is 0. The fourth-order valence-corrected chi connectivity index (χ4v) is 2.55. The van der Waals surface area contributed by atoms with Gasteiger partial charge in [-0.25, -0.2) is 4.79 Å². The van der Waals surface area contributed by atoms with Crippen molar-refractivity contribution in [2.75, 3.05) is 0 Å². The van der Waals surface area contributed by atoms with Crippen LogP contribution in [0.3, 0.4) is 0 Å². The molecule has 1 unspecified atom stereocenters. The normalized spacial score (nSPS) is 11.5. The highest BCUT2D eigenvalue weighted by atomic mass is 16.5. The van der Waals surface area contributed by atoms with E-state index in [1.807, 2.05) is 56.3 Å². The van der Waals surface area contributed by atoms with E-state index < -0.39 is 5.97 Å². The molecule has 1 atom stereocenters. The van der Waals surface area contributed by atoms with E-state index in [2.05, 4.69) is 0 Å². The van der Waals surface area contributed by atoms with Gasteiger partial charge in [0.05, 0.1) is 11.5 Å². The molecule has 0 aliphatic carbocycles. The van der Waals surface area contributed by atoms with Crippen LogP contribution in [0.15, 0.2) is 78.9 Å². The summed E-state index contributed by atoms with van der Waals surface area (Å²) in [6.07, 6.45) is 0.715. The van der Waals surface area contributed by atoms with Crippen molar-refractivity contribution in [1.29, 1.82) is 0 Å². The van der Waals surface area contributed by atoms with E-state index in [0.717, 1.165) is 11.1 Å². The Labute approximate surface area is 164 Å². The van der Waals surface area contributed by atoms with E-state index in [4.69, 9.17) is 9.47 Å². The van der Waals surface area contributed by atoms with E-state index >= 15 is 0 Å². The molecule has 3 aromatic rings. The second-order valence-electron chi connectivity index (χ2n) is 6.53. The Kier molecular flexibility index (Phi) is 6.22. The molecule has 0 fully saturated rings. The molecule has 4 heteroatoms. The van der Waals surface area contributed by atoms with Crippen LogP contribution in [0.2, 0.25) is 0 Å². The van der Waals surface area contributed by atoms with Gasteiger partial charge < -0.3 is 9.47 Å². The van der Waals surface area contributed by atoms with Gasteiger partial charge in [0.2, 0.25) is 0 Å². The molecule has 0 bridgehead atoms. The molecule has 4 nitrogen and oxygen atoms in total. The highest BCUT2D eigenvalue weighted by Gasteiger charge is 2.14. The standard InChI is InChI=1S/C24H22O4/c1-3-17(2)23(25)27-21-15-11-20(12-16-21)24(26)28-22-13-9-19(10-14-22)18-7-5-4-6-8-18/h4-17H,3H2,1-2H3. The molecule has 0 saturated carbocycles. The molecule has 0 spiro atoms. The zero-order valence-electron chi connectivity index (χ0n) is 15.9. The van der Waals surface area contributed by atoms with Gasteiger partial charge in [-0.15, -0.1) is 0 Å². The molecule has 0 amide bonds. The molecule has 0 aliphatic heterocycles. The van der Waals surface area contributed by atoms with Crippen LogP contribution in [0.5, 0.6) is 11.5 Å². The summed E-state index contributed by atoms with van der Waals surface area (Å²) >= 11 is 0. The molecule has 0 heterocycles. The minimum absolute atomic E-state index is 0.163. The topological polar surface area (TPSA) is 52.6 Å². The smallest absolute Gasteiger partial charge is 0.343 e. The Bertz CT molecular complexity index is 929. The summed E-state index contributed by atoms with van der Waals surface area (Å²) in [6, 6.07) is 23.7. The second-order valence-corrected chi connectivity index (χ2v) is 6.53. The Morgan fingerprint density at radius 2 is 1.29 bits per heavy atom. The Hall–Kier alpha value is -3.40. The Morgan fingerprint density at radius 3 is 1.89 bits per heavy atom. The number of benzene rings is 3. The van der Waals surface area contributed by atoms with Gasteiger partial charge >= 0.3 is 11.9 Å². The van der Waals surface area contributed by atoms with Crippen molar-refractivity contribution in [2.45, 2.75) is 20.3 Å². The van der Waals surface area contributed by atoms with E-state index in [9.17, 15) is 9.59 Å². The van der Waals surface area contributed by atoms with Crippen LogP contribution in [0.4, 0.5) is 0 Å². The third-order valence-corrected chi connectivity index (χ3v) is 4.50. The molecule has 0 N–H and O–H groups in total. The first-order valence-electron chi connectivity index (χ1n) is 9.26. The second kappa shape index (κ2) is 9.00. The van der Waals surface area contributed by atoms with E-state index in [0.29, 0.717) is 23.5 Å². The van der Waals surface area contributed by atoms with Gasteiger partial charge in [-0.2, -0.15) is 0 Å². The average Bonchev–Trinajstić information content (AvgIpc) is 2.74. The molecule has 0 radical (unpaired) electrons. The summed E-state index contributed by atoms with van der Waals surface area (Å²) in [5.74, 6) is -0.0295. The average molecular weight is 374 g/mol. The van der Waals surface area contributed by atoms with Crippen molar-refractivity contribution < 1.29 is 19.1 Å². The number of hydrogen-bond acceptors (Lipinski definition) is 4. The quantitative estimate of drug-likeness (QED) is 0.421. The van der Waals surface area contributed by atoms with Crippen molar-refractivity contribution in [3.05, 3.63) is 84.4 Å². The maximum absolute atomic E-state index is 12.3. The molecule has 0 saturated heterocycles. The lowest BCUT2D eigenvalue weighted by atomic mass is 10.1. The van der Waals surface area contributed by atoms with Crippen LogP contribution in [0.25, 0.3) is 11.1 Å².